The van der Waals surface area contributed by atoms with Crippen LogP contribution in [0.4, 0.5) is 0 Å². The molecule has 4 bridgehead atoms. The lowest BCUT2D eigenvalue weighted by Crippen LogP contribution is -2.27. The molecule has 0 aromatic heterocycles. The average molecular weight is 227 g/mol. The Labute approximate surface area is 82.5 Å². The molecule has 4 aliphatic carbocycles. The predicted octanol–water partition coefficient (Wildman–Crippen LogP) is 3.72. The highest BCUT2D eigenvalue weighted by atomic mass is 79.9. The Kier molecular flexibility index (Phi) is 1.65. The Hall–Kier alpha value is 0.220. The summed E-state index contributed by atoms with van der Waals surface area (Å²) < 4.78 is 1.54. The second kappa shape index (κ2) is 2.60. The zero-order chi connectivity index (χ0) is 8.13. The van der Waals surface area contributed by atoms with Crippen molar-refractivity contribution in [3.63, 3.8) is 0 Å². The van der Waals surface area contributed by atoms with Crippen LogP contribution in [0.5, 0.6) is 0 Å². The van der Waals surface area contributed by atoms with E-state index >= 15 is 0 Å². The van der Waals surface area contributed by atoms with Crippen LogP contribution < -0.4 is 0 Å². The van der Waals surface area contributed by atoms with Crippen LogP contribution in [-0.4, -0.2) is 0 Å². The molecule has 0 aromatic rings. The van der Waals surface area contributed by atoms with E-state index in [0.717, 1.165) is 23.7 Å². The van der Waals surface area contributed by atoms with Crippen LogP contribution in [0, 0.1) is 23.7 Å². The molecule has 0 N–H and O–H groups in total. The van der Waals surface area contributed by atoms with E-state index < -0.39 is 0 Å². The Morgan fingerprint density at radius 2 is 1.67 bits per heavy atom. The van der Waals surface area contributed by atoms with E-state index in [1.54, 1.807) is 6.42 Å². The van der Waals surface area contributed by atoms with E-state index in [-0.39, 0.29) is 0 Å². The number of halogens is 1. The van der Waals surface area contributed by atoms with Crippen molar-refractivity contribution in [1.82, 2.24) is 0 Å². The fourth-order valence-electron chi connectivity index (χ4n) is 3.62. The summed E-state index contributed by atoms with van der Waals surface area (Å²) in [6, 6.07) is 0. The second-order valence-corrected chi connectivity index (χ2v) is 5.83. The lowest BCUT2D eigenvalue weighted by Gasteiger charge is -2.38. The van der Waals surface area contributed by atoms with Gasteiger partial charge in [0.1, 0.15) is 0 Å². The molecule has 0 saturated heterocycles. The zero-order valence-corrected chi connectivity index (χ0v) is 8.89. The molecule has 12 heavy (non-hydrogen) atoms. The van der Waals surface area contributed by atoms with E-state index in [1.807, 2.05) is 0 Å². The molecule has 2 saturated carbocycles. The first-order chi connectivity index (χ1) is 5.81. The van der Waals surface area contributed by atoms with E-state index in [0.29, 0.717) is 0 Å². The number of hydrogen-bond acceptors (Lipinski definition) is 0. The fourth-order valence-corrected chi connectivity index (χ4v) is 4.37. The molecule has 0 radical (unpaired) electrons. The molecule has 0 nitrogen and oxygen atoms in total. The summed E-state index contributed by atoms with van der Waals surface area (Å²) in [6.45, 7) is 0. The fraction of sp³-hybridized carbons (Fsp3) is 0.818. The minimum Gasteiger partial charge on any atom is -0.0709 e. The topological polar surface area (TPSA) is 0 Å². The highest BCUT2D eigenvalue weighted by Crippen LogP contribution is 2.51. The monoisotopic (exact) mass is 226 g/mol. The van der Waals surface area contributed by atoms with Crippen molar-refractivity contribution in [2.45, 2.75) is 32.1 Å². The molecule has 2 atom stereocenters. The number of allylic oxidation sites excluding steroid dienone is 2. The third kappa shape index (κ3) is 1.09. The van der Waals surface area contributed by atoms with Crippen LogP contribution in [0.2, 0.25) is 0 Å². The van der Waals surface area contributed by atoms with Gasteiger partial charge in [0.25, 0.3) is 0 Å². The lowest BCUT2D eigenvalue weighted by atomic mass is 9.67. The standard InChI is InChI=1S/C11H15Br/c12-11-6-9-2-7-1-8(3-9)5-10(11)4-7/h6-10H,1-5H2. The molecule has 2 unspecified atom stereocenters. The maximum absolute atomic E-state index is 3.75. The Morgan fingerprint density at radius 1 is 1.00 bits per heavy atom. The molecular weight excluding hydrogens is 212 g/mol. The molecule has 2 fully saturated rings. The van der Waals surface area contributed by atoms with Gasteiger partial charge in [-0.05, 0) is 60.3 Å². The largest absolute Gasteiger partial charge is 0.0709 e. The first-order valence-corrected chi connectivity index (χ1v) is 5.98. The number of hydrogen-bond donors (Lipinski definition) is 0. The molecule has 4 aliphatic rings. The first-order valence-electron chi connectivity index (χ1n) is 5.18. The van der Waals surface area contributed by atoms with Gasteiger partial charge in [0.2, 0.25) is 0 Å². The molecule has 0 heterocycles. The van der Waals surface area contributed by atoms with Crippen LogP contribution in [0.25, 0.3) is 0 Å². The SMILES string of the molecule is BrC1=CC2CC3CC(C2)CC1C3. The maximum Gasteiger partial charge on any atom is -0.00552 e. The molecular formula is C11H15Br. The van der Waals surface area contributed by atoms with Crippen molar-refractivity contribution in [2.24, 2.45) is 23.7 Å². The zero-order valence-electron chi connectivity index (χ0n) is 7.30. The third-order valence-electron chi connectivity index (χ3n) is 3.96. The van der Waals surface area contributed by atoms with E-state index in [4.69, 9.17) is 0 Å². The van der Waals surface area contributed by atoms with Gasteiger partial charge in [0.15, 0.2) is 0 Å². The third-order valence-corrected chi connectivity index (χ3v) is 4.87. The lowest BCUT2D eigenvalue weighted by molar-refractivity contribution is 0.142. The van der Waals surface area contributed by atoms with Gasteiger partial charge in [-0.25, -0.2) is 0 Å². The summed E-state index contributed by atoms with van der Waals surface area (Å²) in [5, 5.41) is 0. The van der Waals surface area contributed by atoms with E-state index in [1.165, 1.54) is 30.2 Å². The van der Waals surface area contributed by atoms with Crippen molar-refractivity contribution in [3.8, 4) is 0 Å². The van der Waals surface area contributed by atoms with Gasteiger partial charge in [-0.3, -0.25) is 0 Å². The van der Waals surface area contributed by atoms with Crippen LogP contribution in [0.15, 0.2) is 10.6 Å². The second-order valence-electron chi connectivity index (χ2n) is 4.92. The molecule has 0 aromatic carbocycles. The van der Waals surface area contributed by atoms with Gasteiger partial charge in [0.05, 0.1) is 0 Å². The average Bonchev–Trinajstić information content (AvgIpc) is 2.16. The molecule has 0 aliphatic heterocycles. The molecule has 66 valence electrons. The molecule has 4 rings (SSSR count). The summed E-state index contributed by atoms with van der Waals surface area (Å²) in [5.74, 6) is 3.97. The molecule has 0 amide bonds. The predicted molar refractivity (Wildman–Crippen MR) is 54.1 cm³/mol. The van der Waals surface area contributed by atoms with E-state index in [9.17, 15) is 0 Å². The van der Waals surface area contributed by atoms with Crippen LogP contribution in [0.3, 0.4) is 0 Å². The quantitative estimate of drug-likeness (QED) is 0.591. The van der Waals surface area contributed by atoms with Crippen LogP contribution in [0.1, 0.15) is 32.1 Å². The van der Waals surface area contributed by atoms with Gasteiger partial charge < -0.3 is 0 Å². The summed E-state index contributed by atoms with van der Waals surface area (Å²) in [4.78, 5) is 0. The van der Waals surface area contributed by atoms with Gasteiger partial charge in [-0.2, -0.15) is 0 Å². The summed E-state index contributed by atoms with van der Waals surface area (Å²) in [7, 11) is 0. The van der Waals surface area contributed by atoms with Crippen LogP contribution >= 0.6 is 15.9 Å². The van der Waals surface area contributed by atoms with Gasteiger partial charge in [-0.15, -0.1) is 0 Å². The normalized spacial score (nSPS) is 50.6. The summed E-state index contributed by atoms with van der Waals surface area (Å²) in [6.07, 6.45) is 9.99. The highest BCUT2D eigenvalue weighted by molar-refractivity contribution is 9.11. The van der Waals surface area contributed by atoms with Crippen molar-refractivity contribution >= 4 is 15.9 Å². The number of rotatable bonds is 0. The first kappa shape index (κ1) is 7.61. The van der Waals surface area contributed by atoms with E-state index in [2.05, 4.69) is 22.0 Å². The Morgan fingerprint density at radius 3 is 2.33 bits per heavy atom. The molecule has 1 heteroatoms. The van der Waals surface area contributed by atoms with Crippen LogP contribution in [-0.2, 0) is 0 Å². The summed E-state index contributed by atoms with van der Waals surface area (Å²) >= 11 is 3.75. The van der Waals surface area contributed by atoms with Gasteiger partial charge in [-0.1, -0.05) is 22.0 Å². The highest BCUT2D eigenvalue weighted by Gasteiger charge is 2.39. The van der Waals surface area contributed by atoms with Crippen molar-refractivity contribution in [1.29, 1.82) is 0 Å². The smallest absolute Gasteiger partial charge is 0.00552 e. The Bertz CT molecular complexity index is 217. The Balaban J connectivity index is 1.98. The van der Waals surface area contributed by atoms with Gasteiger partial charge in [0, 0.05) is 0 Å². The van der Waals surface area contributed by atoms with Crippen molar-refractivity contribution < 1.29 is 0 Å². The molecule has 0 spiro atoms. The van der Waals surface area contributed by atoms with Gasteiger partial charge >= 0.3 is 0 Å². The maximum atomic E-state index is 3.75. The van der Waals surface area contributed by atoms with Crippen molar-refractivity contribution in [3.05, 3.63) is 10.6 Å². The summed E-state index contributed by atoms with van der Waals surface area (Å²) in [5.41, 5.74) is 0. The van der Waals surface area contributed by atoms with Crippen molar-refractivity contribution in [2.75, 3.05) is 0 Å². The minimum absolute atomic E-state index is 0.904. The minimum atomic E-state index is 0.904.